The second kappa shape index (κ2) is 6.57. The van der Waals surface area contributed by atoms with Gasteiger partial charge in [0.1, 0.15) is 31.9 Å². The molecule has 0 unspecified atom stereocenters. The number of piperazine rings is 1. The normalized spacial score (nSPS) is 24.3. The van der Waals surface area contributed by atoms with Crippen molar-refractivity contribution in [1.29, 1.82) is 0 Å². The summed E-state index contributed by atoms with van der Waals surface area (Å²) in [4.78, 5) is 3.35. The number of rotatable bonds is 4. The van der Waals surface area contributed by atoms with Gasteiger partial charge in [-0.3, -0.25) is 0 Å². The van der Waals surface area contributed by atoms with E-state index in [1.807, 2.05) is 18.2 Å². The van der Waals surface area contributed by atoms with Crippen molar-refractivity contribution in [3.05, 3.63) is 35.9 Å². The molecule has 3 nitrogen and oxygen atoms in total. The van der Waals surface area contributed by atoms with Crippen LogP contribution in [0.2, 0.25) is 0 Å². The van der Waals surface area contributed by atoms with Gasteiger partial charge in [-0.25, -0.2) is 0 Å². The van der Waals surface area contributed by atoms with E-state index in [2.05, 4.69) is 25.3 Å². The van der Waals surface area contributed by atoms with Crippen LogP contribution in [0.15, 0.2) is 30.3 Å². The molecule has 0 aliphatic carbocycles. The lowest BCUT2D eigenvalue weighted by molar-refractivity contribution is -1.00. The van der Waals surface area contributed by atoms with Crippen LogP contribution in [0.4, 0.5) is 0 Å². The summed E-state index contributed by atoms with van der Waals surface area (Å²) >= 11 is 0. The van der Waals surface area contributed by atoms with Crippen LogP contribution in [0.25, 0.3) is 6.08 Å². The van der Waals surface area contributed by atoms with E-state index in [4.69, 9.17) is 4.74 Å². The van der Waals surface area contributed by atoms with E-state index in [1.165, 1.54) is 31.7 Å². The quantitative estimate of drug-likeness (QED) is 0.708. The third-order valence-corrected chi connectivity index (χ3v) is 3.65. The fourth-order valence-electron chi connectivity index (χ4n) is 2.39. The van der Waals surface area contributed by atoms with Gasteiger partial charge in [0.2, 0.25) is 0 Å². The van der Waals surface area contributed by atoms with E-state index < -0.39 is 0 Å². The molecule has 2 N–H and O–H groups in total. The van der Waals surface area contributed by atoms with Crippen molar-refractivity contribution in [2.75, 3.05) is 46.9 Å². The largest absolute Gasteiger partial charge is 0.496 e. The highest BCUT2D eigenvalue weighted by Gasteiger charge is 2.17. The third kappa shape index (κ3) is 3.59. The zero-order valence-corrected chi connectivity index (χ0v) is 11.4. The maximum atomic E-state index is 5.34. The minimum absolute atomic E-state index is 0.951. The molecular weight excluding hydrogens is 224 g/mol. The van der Waals surface area contributed by atoms with Gasteiger partial charge in [0.15, 0.2) is 0 Å². The first kappa shape index (κ1) is 13.1. The first-order chi connectivity index (χ1) is 8.79. The van der Waals surface area contributed by atoms with Crippen LogP contribution in [0.3, 0.4) is 0 Å². The number of hydrogen-bond acceptors (Lipinski definition) is 1. The Bertz CT molecular complexity index is 395. The Labute approximate surface area is 110 Å². The summed E-state index contributed by atoms with van der Waals surface area (Å²) < 4.78 is 5.34. The Morgan fingerprint density at radius 3 is 2.61 bits per heavy atom. The molecule has 3 heteroatoms. The summed E-state index contributed by atoms with van der Waals surface area (Å²) in [5.74, 6) is 0.951. The smallest absolute Gasteiger partial charge is 0.127 e. The summed E-state index contributed by atoms with van der Waals surface area (Å²) in [6.07, 6.45) is 4.45. The number of nitrogens with one attached hydrogen (secondary N) is 2. The van der Waals surface area contributed by atoms with Crippen LogP contribution in [0.5, 0.6) is 5.75 Å². The predicted octanol–water partition coefficient (Wildman–Crippen LogP) is -0.878. The lowest BCUT2D eigenvalue weighted by Crippen LogP contribution is -3.26. The van der Waals surface area contributed by atoms with Gasteiger partial charge in [0.05, 0.1) is 20.7 Å². The number of quaternary nitrogens is 2. The fraction of sp³-hybridized carbons (Fsp3) is 0.467. The molecule has 1 aromatic rings. The zero-order chi connectivity index (χ0) is 12.8. The van der Waals surface area contributed by atoms with Crippen molar-refractivity contribution in [3.8, 4) is 5.75 Å². The number of ether oxygens (including phenoxy) is 1. The van der Waals surface area contributed by atoms with Crippen molar-refractivity contribution in [3.63, 3.8) is 0 Å². The van der Waals surface area contributed by atoms with Gasteiger partial charge in [-0.15, -0.1) is 0 Å². The first-order valence-electron chi connectivity index (χ1n) is 6.74. The molecule has 0 amide bonds. The van der Waals surface area contributed by atoms with Crippen molar-refractivity contribution >= 4 is 6.08 Å². The van der Waals surface area contributed by atoms with Crippen LogP contribution in [-0.4, -0.2) is 46.9 Å². The van der Waals surface area contributed by atoms with Crippen molar-refractivity contribution in [1.82, 2.24) is 0 Å². The van der Waals surface area contributed by atoms with Crippen LogP contribution in [0.1, 0.15) is 5.56 Å². The Kier molecular flexibility index (Phi) is 4.79. The number of methoxy groups -OCH3 is 1. The average molecular weight is 248 g/mol. The van der Waals surface area contributed by atoms with Crippen molar-refractivity contribution in [2.45, 2.75) is 0 Å². The van der Waals surface area contributed by atoms with Crippen LogP contribution in [0, 0.1) is 0 Å². The van der Waals surface area contributed by atoms with Gasteiger partial charge in [-0.05, 0) is 18.2 Å². The lowest BCUT2D eigenvalue weighted by Gasteiger charge is -2.26. The maximum Gasteiger partial charge on any atom is 0.127 e. The number of para-hydroxylation sites is 1. The van der Waals surface area contributed by atoms with E-state index in [-0.39, 0.29) is 0 Å². The third-order valence-electron chi connectivity index (χ3n) is 3.65. The maximum absolute atomic E-state index is 5.34. The van der Waals surface area contributed by atoms with Gasteiger partial charge in [-0.2, -0.15) is 0 Å². The minimum atomic E-state index is 0.951. The van der Waals surface area contributed by atoms with Gasteiger partial charge >= 0.3 is 0 Å². The molecule has 1 saturated heterocycles. The summed E-state index contributed by atoms with van der Waals surface area (Å²) in [5.41, 5.74) is 1.17. The minimum Gasteiger partial charge on any atom is -0.496 e. The summed E-state index contributed by atoms with van der Waals surface area (Å²) in [5, 5.41) is 0. The lowest BCUT2D eigenvalue weighted by atomic mass is 10.2. The molecule has 0 spiro atoms. The molecule has 98 valence electrons. The Hall–Kier alpha value is -1.32. The number of benzene rings is 1. The Morgan fingerprint density at radius 1 is 1.17 bits per heavy atom. The van der Waals surface area contributed by atoms with Crippen LogP contribution in [-0.2, 0) is 0 Å². The fourth-order valence-corrected chi connectivity index (χ4v) is 2.39. The molecule has 0 saturated carbocycles. The second-order valence-corrected chi connectivity index (χ2v) is 5.06. The Morgan fingerprint density at radius 2 is 1.89 bits per heavy atom. The molecule has 1 heterocycles. The van der Waals surface area contributed by atoms with Gasteiger partial charge in [0.25, 0.3) is 0 Å². The number of hydrogen-bond donors (Lipinski definition) is 2. The summed E-state index contributed by atoms with van der Waals surface area (Å²) in [6.45, 7) is 6.26. The molecule has 1 aliphatic rings. The molecular formula is C15H24N2O+2. The molecule has 1 fully saturated rings. The van der Waals surface area contributed by atoms with Gasteiger partial charge in [-0.1, -0.05) is 18.2 Å². The highest BCUT2D eigenvalue weighted by Crippen LogP contribution is 2.18. The monoisotopic (exact) mass is 248 g/mol. The van der Waals surface area contributed by atoms with Gasteiger partial charge < -0.3 is 14.5 Å². The van der Waals surface area contributed by atoms with E-state index >= 15 is 0 Å². The highest BCUT2D eigenvalue weighted by molar-refractivity contribution is 5.57. The van der Waals surface area contributed by atoms with E-state index in [1.54, 1.807) is 16.9 Å². The second-order valence-electron chi connectivity index (χ2n) is 5.06. The molecule has 1 aliphatic heterocycles. The van der Waals surface area contributed by atoms with E-state index in [9.17, 15) is 0 Å². The number of likely N-dealkylation sites (N-methyl/N-ethyl adjacent to an activating group) is 1. The average Bonchev–Trinajstić information content (AvgIpc) is 2.41. The molecule has 2 rings (SSSR count). The van der Waals surface area contributed by atoms with E-state index in [0.717, 1.165) is 12.3 Å². The molecule has 1 aromatic carbocycles. The molecule has 0 atom stereocenters. The molecule has 0 radical (unpaired) electrons. The Balaban J connectivity index is 1.87. The SMILES string of the molecule is COc1ccccc1/C=C/C[NH+]1CC[NH+](C)CC1. The highest BCUT2D eigenvalue weighted by atomic mass is 16.5. The summed E-state index contributed by atoms with van der Waals surface area (Å²) in [7, 11) is 4.00. The predicted molar refractivity (Wildman–Crippen MR) is 74.2 cm³/mol. The molecule has 0 aromatic heterocycles. The van der Waals surface area contributed by atoms with Gasteiger partial charge in [0, 0.05) is 5.56 Å². The van der Waals surface area contributed by atoms with Crippen LogP contribution < -0.4 is 14.5 Å². The molecule has 18 heavy (non-hydrogen) atoms. The molecule has 0 bridgehead atoms. The van der Waals surface area contributed by atoms with Crippen molar-refractivity contribution in [2.24, 2.45) is 0 Å². The summed E-state index contributed by atoms with van der Waals surface area (Å²) in [6, 6.07) is 8.16. The topological polar surface area (TPSA) is 18.1 Å². The van der Waals surface area contributed by atoms with Crippen molar-refractivity contribution < 1.29 is 14.5 Å². The first-order valence-corrected chi connectivity index (χ1v) is 6.74. The van der Waals surface area contributed by atoms with E-state index in [0.29, 0.717) is 0 Å². The standard InChI is InChI=1S/C15H22N2O/c1-16-10-12-17(13-11-16)9-5-7-14-6-3-4-8-15(14)18-2/h3-8H,9-13H2,1-2H3/p+2/b7-5+. The zero-order valence-electron chi connectivity index (χ0n) is 11.4. The van der Waals surface area contributed by atoms with Crippen LogP contribution >= 0.6 is 0 Å².